The van der Waals surface area contributed by atoms with Gasteiger partial charge in [-0.3, -0.25) is 4.79 Å². The molecule has 1 aliphatic rings. The zero-order valence-electron chi connectivity index (χ0n) is 11.3. The Morgan fingerprint density at radius 3 is 2.90 bits per heavy atom. The van der Waals surface area contributed by atoms with Crippen molar-refractivity contribution in [3.05, 3.63) is 27.6 Å². The minimum absolute atomic E-state index is 0.135. The lowest BCUT2D eigenvalue weighted by molar-refractivity contribution is -0.137. The number of nitrogens with one attached hydrogen (secondary N) is 1. The van der Waals surface area contributed by atoms with Crippen molar-refractivity contribution in [2.45, 2.75) is 19.3 Å². The van der Waals surface area contributed by atoms with E-state index >= 15 is 0 Å². The standard InChI is InChI=1S/C14H16FIN2O3/c15-10-2-3-12(11(16)7-10)17-14(21)18-6-5-9(8-18)1-4-13(19)20/h2-3,7,9H,1,4-6,8H2,(H,17,21)(H,19,20). The lowest BCUT2D eigenvalue weighted by atomic mass is 10.0. The fourth-order valence-electron chi connectivity index (χ4n) is 2.37. The molecule has 2 N–H and O–H groups in total. The number of amides is 2. The monoisotopic (exact) mass is 406 g/mol. The van der Waals surface area contributed by atoms with E-state index in [2.05, 4.69) is 5.32 Å². The fraction of sp³-hybridized carbons (Fsp3) is 0.429. The summed E-state index contributed by atoms with van der Waals surface area (Å²) in [6.07, 6.45) is 1.55. The number of carbonyl (C=O) groups is 2. The van der Waals surface area contributed by atoms with Crippen molar-refractivity contribution in [3.63, 3.8) is 0 Å². The highest BCUT2D eigenvalue weighted by atomic mass is 127. The molecule has 114 valence electrons. The molecule has 2 amide bonds. The SMILES string of the molecule is O=C(O)CCC1CCN(C(=O)Nc2ccc(F)cc2I)C1. The second-order valence-electron chi connectivity index (χ2n) is 5.09. The van der Waals surface area contributed by atoms with E-state index in [0.717, 1.165) is 6.42 Å². The van der Waals surface area contributed by atoms with Crippen molar-refractivity contribution in [3.8, 4) is 0 Å². The molecule has 0 aliphatic carbocycles. The van der Waals surface area contributed by atoms with Crippen LogP contribution < -0.4 is 5.32 Å². The van der Waals surface area contributed by atoms with E-state index in [1.165, 1.54) is 18.2 Å². The van der Waals surface area contributed by atoms with Crippen LogP contribution in [0.3, 0.4) is 0 Å². The van der Waals surface area contributed by atoms with E-state index in [9.17, 15) is 14.0 Å². The second-order valence-corrected chi connectivity index (χ2v) is 6.25. The van der Waals surface area contributed by atoms with E-state index in [4.69, 9.17) is 5.11 Å². The highest BCUT2D eigenvalue weighted by Crippen LogP contribution is 2.23. The Morgan fingerprint density at radius 2 is 2.24 bits per heavy atom. The highest BCUT2D eigenvalue weighted by Gasteiger charge is 2.26. The summed E-state index contributed by atoms with van der Waals surface area (Å²) in [5, 5.41) is 11.4. The molecule has 1 atom stereocenters. The first-order valence-corrected chi connectivity index (χ1v) is 7.76. The molecule has 2 rings (SSSR count). The van der Waals surface area contributed by atoms with Crippen LogP contribution >= 0.6 is 22.6 Å². The maximum absolute atomic E-state index is 13.0. The Bertz CT molecular complexity index is 553. The quantitative estimate of drug-likeness (QED) is 0.755. The lowest BCUT2D eigenvalue weighted by Gasteiger charge is -2.18. The minimum atomic E-state index is -0.807. The number of carboxylic acid groups (broad SMARTS) is 1. The van der Waals surface area contributed by atoms with Crippen LogP contribution in [0.25, 0.3) is 0 Å². The molecule has 0 bridgehead atoms. The number of carboxylic acids is 1. The zero-order chi connectivity index (χ0) is 15.4. The number of aliphatic carboxylic acids is 1. The number of hydrogen-bond donors (Lipinski definition) is 2. The van der Waals surface area contributed by atoms with Gasteiger partial charge in [-0.25, -0.2) is 9.18 Å². The predicted octanol–water partition coefficient (Wildman–Crippen LogP) is 3.15. The highest BCUT2D eigenvalue weighted by molar-refractivity contribution is 14.1. The van der Waals surface area contributed by atoms with Gasteiger partial charge in [0.05, 0.1) is 5.69 Å². The molecular formula is C14H16FIN2O3. The number of urea groups is 1. The number of anilines is 1. The molecule has 0 saturated carbocycles. The number of likely N-dealkylation sites (tertiary alicyclic amines) is 1. The summed E-state index contributed by atoms with van der Waals surface area (Å²) in [5.74, 6) is -0.912. The van der Waals surface area contributed by atoms with Gasteiger partial charge in [0.25, 0.3) is 0 Å². The molecule has 21 heavy (non-hydrogen) atoms. The molecule has 1 saturated heterocycles. The molecule has 5 nitrogen and oxygen atoms in total. The summed E-state index contributed by atoms with van der Waals surface area (Å²) < 4.78 is 13.7. The third-order valence-corrected chi connectivity index (χ3v) is 4.40. The Morgan fingerprint density at radius 1 is 1.48 bits per heavy atom. The van der Waals surface area contributed by atoms with Gasteiger partial charge in [-0.15, -0.1) is 0 Å². The van der Waals surface area contributed by atoms with Crippen LogP contribution in [0.1, 0.15) is 19.3 Å². The van der Waals surface area contributed by atoms with Crippen LogP contribution in [0.15, 0.2) is 18.2 Å². The lowest BCUT2D eigenvalue weighted by Crippen LogP contribution is -2.33. The van der Waals surface area contributed by atoms with Crippen LogP contribution in [0.2, 0.25) is 0 Å². The number of halogens is 2. The van der Waals surface area contributed by atoms with Crippen molar-refractivity contribution in [1.29, 1.82) is 0 Å². The molecule has 0 spiro atoms. The third-order valence-electron chi connectivity index (χ3n) is 3.51. The van der Waals surface area contributed by atoms with Crippen LogP contribution in [0.5, 0.6) is 0 Å². The van der Waals surface area contributed by atoms with Crippen LogP contribution in [0.4, 0.5) is 14.9 Å². The van der Waals surface area contributed by atoms with Crippen LogP contribution in [-0.4, -0.2) is 35.1 Å². The fourth-order valence-corrected chi connectivity index (χ4v) is 2.98. The molecule has 0 aromatic heterocycles. The molecule has 0 radical (unpaired) electrons. The second kappa shape index (κ2) is 7.06. The molecule has 7 heteroatoms. The van der Waals surface area contributed by atoms with Gasteiger partial charge in [-0.2, -0.15) is 0 Å². The number of carbonyl (C=O) groups excluding carboxylic acids is 1. The number of hydrogen-bond acceptors (Lipinski definition) is 2. The van der Waals surface area contributed by atoms with Gasteiger partial charge in [-0.05, 0) is 59.5 Å². The van der Waals surface area contributed by atoms with Crippen LogP contribution in [0, 0.1) is 15.3 Å². The Labute approximate surface area is 135 Å². The average Bonchev–Trinajstić information content (AvgIpc) is 2.88. The van der Waals surface area contributed by atoms with E-state index in [0.29, 0.717) is 28.8 Å². The Kier molecular flexibility index (Phi) is 5.38. The first-order chi connectivity index (χ1) is 9.95. The maximum Gasteiger partial charge on any atom is 0.321 e. The summed E-state index contributed by atoms with van der Waals surface area (Å²) >= 11 is 1.97. The minimum Gasteiger partial charge on any atom is -0.481 e. The molecule has 1 heterocycles. The molecule has 1 aromatic rings. The normalized spacial score (nSPS) is 17.8. The van der Waals surface area contributed by atoms with Crippen LogP contribution in [-0.2, 0) is 4.79 Å². The smallest absolute Gasteiger partial charge is 0.321 e. The first-order valence-electron chi connectivity index (χ1n) is 6.68. The van der Waals surface area contributed by atoms with Gasteiger partial charge in [0.2, 0.25) is 0 Å². The number of nitrogens with zero attached hydrogens (tertiary/aromatic N) is 1. The molecule has 1 unspecified atom stereocenters. The third kappa shape index (κ3) is 4.55. The van der Waals surface area contributed by atoms with Crippen molar-refractivity contribution in [1.82, 2.24) is 4.90 Å². The summed E-state index contributed by atoms with van der Waals surface area (Å²) in [4.78, 5) is 24.4. The van der Waals surface area contributed by atoms with E-state index < -0.39 is 5.97 Å². The first kappa shape index (κ1) is 16.0. The van der Waals surface area contributed by atoms with Gasteiger partial charge < -0.3 is 15.3 Å². The maximum atomic E-state index is 13.0. The van der Waals surface area contributed by atoms with E-state index in [1.807, 2.05) is 22.6 Å². The zero-order valence-corrected chi connectivity index (χ0v) is 13.5. The number of rotatable bonds is 4. The predicted molar refractivity (Wildman–Crippen MR) is 84.7 cm³/mol. The molecule has 1 fully saturated rings. The van der Waals surface area contributed by atoms with Crippen molar-refractivity contribution in [2.75, 3.05) is 18.4 Å². The Balaban J connectivity index is 1.88. The van der Waals surface area contributed by atoms with E-state index in [1.54, 1.807) is 4.90 Å². The number of benzene rings is 1. The average molecular weight is 406 g/mol. The van der Waals surface area contributed by atoms with Gasteiger partial charge in [0.15, 0.2) is 0 Å². The van der Waals surface area contributed by atoms with Gasteiger partial charge in [0, 0.05) is 23.1 Å². The summed E-state index contributed by atoms with van der Waals surface area (Å²) in [6, 6.07) is 3.97. The van der Waals surface area contributed by atoms with Crippen molar-refractivity contribution < 1.29 is 19.1 Å². The van der Waals surface area contributed by atoms with Gasteiger partial charge in [-0.1, -0.05) is 0 Å². The van der Waals surface area contributed by atoms with E-state index in [-0.39, 0.29) is 24.2 Å². The molecule has 1 aromatic carbocycles. The summed E-state index contributed by atoms with van der Waals surface area (Å²) in [7, 11) is 0. The van der Waals surface area contributed by atoms with Crippen molar-refractivity contribution in [2.24, 2.45) is 5.92 Å². The van der Waals surface area contributed by atoms with Crippen molar-refractivity contribution >= 4 is 40.3 Å². The van der Waals surface area contributed by atoms with Gasteiger partial charge in [0.1, 0.15) is 5.82 Å². The molecule has 1 aliphatic heterocycles. The molecular weight excluding hydrogens is 390 g/mol. The Hall–Kier alpha value is -1.38. The summed E-state index contributed by atoms with van der Waals surface area (Å²) in [5.41, 5.74) is 0.580. The summed E-state index contributed by atoms with van der Waals surface area (Å²) in [6.45, 7) is 1.19. The van der Waals surface area contributed by atoms with Gasteiger partial charge >= 0.3 is 12.0 Å². The largest absolute Gasteiger partial charge is 0.481 e. The topological polar surface area (TPSA) is 69.6 Å².